The zero-order valence-corrected chi connectivity index (χ0v) is 19.4. The molecule has 0 radical (unpaired) electrons. The molecule has 1 amide bonds. The van der Waals surface area contributed by atoms with Crippen LogP contribution in [-0.2, 0) is 13.2 Å². The summed E-state index contributed by atoms with van der Waals surface area (Å²) in [4.78, 5) is 12.7. The highest BCUT2D eigenvalue weighted by atomic mass is 19.2. The molecule has 1 N–H and O–H groups in total. The second-order valence-electron chi connectivity index (χ2n) is 7.79. The van der Waals surface area contributed by atoms with E-state index < -0.39 is 47.1 Å². The van der Waals surface area contributed by atoms with Crippen molar-refractivity contribution in [1.82, 2.24) is 9.78 Å². The van der Waals surface area contributed by atoms with E-state index in [-0.39, 0.29) is 12.4 Å². The lowest BCUT2D eigenvalue weighted by atomic mass is 10.1. The molecule has 3 aromatic carbocycles. The minimum Gasteiger partial charge on any atom is -0.494 e. The van der Waals surface area contributed by atoms with E-state index in [0.717, 1.165) is 16.0 Å². The minimum atomic E-state index is -2.24. The molecule has 0 aliphatic carbocycles. The van der Waals surface area contributed by atoms with Gasteiger partial charge in [0, 0.05) is 17.8 Å². The molecule has 0 unspecified atom stereocenters. The van der Waals surface area contributed by atoms with Crippen molar-refractivity contribution in [3.05, 3.63) is 107 Å². The summed E-state index contributed by atoms with van der Waals surface area (Å²) in [5, 5.41) is 6.45. The van der Waals surface area contributed by atoms with Gasteiger partial charge in [-0.2, -0.15) is 5.10 Å². The molecular weight excluding hydrogens is 497 g/mol. The standard InChI is InChI=1S/C26H20F5N3O3/c1-2-36-17-6-8-18(9-7-17)37-14-15-4-3-5-16(12-15)26(35)32-20-10-11-34(33-20)13-19-21(27)23(29)25(31)24(30)22(19)28/h3-12H,2,13-14H2,1H3,(H,32,33,35). The number of amides is 1. The average Bonchev–Trinajstić information content (AvgIpc) is 3.35. The van der Waals surface area contributed by atoms with Crippen LogP contribution in [0.3, 0.4) is 0 Å². The first-order valence-corrected chi connectivity index (χ1v) is 11.1. The van der Waals surface area contributed by atoms with Crippen molar-refractivity contribution >= 4 is 11.7 Å². The first kappa shape index (κ1) is 25.7. The number of nitrogens with one attached hydrogen (secondary N) is 1. The lowest BCUT2D eigenvalue weighted by Crippen LogP contribution is -2.14. The van der Waals surface area contributed by atoms with Gasteiger partial charge in [-0.05, 0) is 48.9 Å². The molecule has 11 heteroatoms. The molecule has 6 nitrogen and oxygen atoms in total. The van der Waals surface area contributed by atoms with Gasteiger partial charge in [0.1, 0.15) is 18.1 Å². The maximum absolute atomic E-state index is 13.9. The Labute approximate surface area is 208 Å². The molecule has 4 rings (SSSR count). The van der Waals surface area contributed by atoms with Crippen molar-refractivity contribution < 1.29 is 36.2 Å². The molecule has 1 heterocycles. The van der Waals surface area contributed by atoms with Gasteiger partial charge in [0.25, 0.3) is 5.91 Å². The number of nitrogens with zero attached hydrogens (tertiary/aromatic N) is 2. The fraction of sp³-hybridized carbons (Fsp3) is 0.154. The van der Waals surface area contributed by atoms with Crippen molar-refractivity contribution in [3.8, 4) is 11.5 Å². The average molecular weight is 517 g/mol. The largest absolute Gasteiger partial charge is 0.494 e. The number of halogens is 5. The third-order valence-corrected chi connectivity index (χ3v) is 5.23. The summed E-state index contributed by atoms with van der Waals surface area (Å²) in [6.45, 7) is 1.91. The number of ether oxygens (including phenoxy) is 2. The van der Waals surface area contributed by atoms with Crippen LogP contribution in [0.4, 0.5) is 27.8 Å². The van der Waals surface area contributed by atoms with Crippen LogP contribution in [0.1, 0.15) is 28.4 Å². The Morgan fingerprint density at radius 3 is 2.14 bits per heavy atom. The second-order valence-corrected chi connectivity index (χ2v) is 7.79. The van der Waals surface area contributed by atoms with Crippen molar-refractivity contribution in [2.75, 3.05) is 11.9 Å². The monoisotopic (exact) mass is 517 g/mol. The van der Waals surface area contributed by atoms with Gasteiger partial charge in [-0.1, -0.05) is 12.1 Å². The van der Waals surface area contributed by atoms with E-state index in [9.17, 15) is 26.7 Å². The van der Waals surface area contributed by atoms with E-state index in [0.29, 0.717) is 17.9 Å². The van der Waals surface area contributed by atoms with Gasteiger partial charge < -0.3 is 14.8 Å². The molecule has 192 valence electrons. The van der Waals surface area contributed by atoms with Gasteiger partial charge in [0.05, 0.1) is 18.7 Å². The fourth-order valence-corrected chi connectivity index (χ4v) is 3.42. The Morgan fingerprint density at radius 1 is 0.865 bits per heavy atom. The molecule has 0 fully saturated rings. The van der Waals surface area contributed by atoms with Crippen LogP contribution in [-0.4, -0.2) is 22.3 Å². The number of hydrogen-bond acceptors (Lipinski definition) is 4. The molecule has 0 atom stereocenters. The van der Waals surface area contributed by atoms with Crippen LogP contribution < -0.4 is 14.8 Å². The lowest BCUT2D eigenvalue weighted by Gasteiger charge is -2.09. The summed E-state index contributed by atoms with van der Waals surface area (Å²) in [6.07, 6.45) is 1.23. The molecule has 1 aromatic heterocycles. The number of carbonyl (C=O) groups is 1. The summed E-state index contributed by atoms with van der Waals surface area (Å²) in [5.41, 5.74) is -0.0295. The summed E-state index contributed by atoms with van der Waals surface area (Å²) >= 11 is 0. The Morgan fingerprint density at radius 2 is 1.49 bits per heavy atom. The lowest BCUT2D eigenvalue weighted by molar-refractivity contribution is 0.102. The van der Waals surface area contributed by atoms with Gasteiger partial charge in [0.15, 0.2) is 29.1 Å². The van der Waals surface area contributed by atoms with E-state index in [1.165, 1.54) is 12.3 Å². The number of aromatic nitrogens is 2. The zero-order valence-electron chi connectivity index (χ0n) is 19.4. The molecule has 0 aliphatic heterocycles. The third kappa shape index (κ3) is 5.88. The third-order valence-electron chi connectivity index (χ3n) is 5.23. The SMILES string of the molecule is CCOc1ccc(OCc2cccc(C(=O)Nc3ccn(Cc4c(F)c(F)c(F)c(F)c4F)n3)c2)cc1. The quantitative estimate of drug-likeness (QED) is 0.172. The summed E-state index contributed by atoms with van der Waals surface area (Å²) in [6, 6.07) is 15.1. The van der Waals surface area contributed by atoms with Crippen LogP contribution in [0, 0.1) is 29.1 Å². The highest BCUT2D eigenvalue weighted by molar-refractivity contribution is 6.03. The first-order valence-electron chi connectivity index (χ1n) is 11.1. The predicted molar refractivity (Wildman–Crippen MR) is 124 cm³/mol. The van der Waals surface area contributed by atoms with Crippen molar-refractivity contribution in [2.45, 2.75) is 20.1 Å². The van der Waals surface area contributed by atoms with Gasteiger partial charge in [-0.25, -0.2) is 22.0 Å². The Bertz CT molecular complexity index is 1390. The smallest absolute Gasteiger partial charge is 0.256 e. The number of carbonyl (C=O) groups excluding carboxylic acids is 1. The summed E-state index contributed by atoms with van der Waals surface area (Å²) in [5.74, 6) is -9.36. The molecule has 37 heavy (non-hydrogen) atoms. The molecule has 0 saturated heterocycles. The fourth-order valence-electron chi connectivity index (χ4n) is 3.42. The molecule has 0 bridgehead atoms. The zero-order chi connectivity index (χ0) is 26.5. The number of anilines is 1. The van der Waals surface area contributed by atoms with Crippen LogP contribution in [0.5, 0.6) is 11.5 Å². The van der Waals surface area contributed by atoms with Crippen LogP contribution >= 0.6 is 0 Å². The number of rotatable bonds is 9. The Hall–Kier alpha value is -4.41. The number of benzene rings is 3. The van der Waals surface area contributed by atoms with Crippen molar-refractivity contribution in [1.29, 1.82) is 0 Å². The normalized spacial score (nSPS) is 10.9. The topological polar surface area (TPSA) is 65.4 Å². The van der Waals surface area contributed by atoms with Gasteiger partial charge >= 0.3 is 0 Å². The van der Waals surface area contributed by atoms with Crippen molar-refractivity contribution in [3.63, 3.8) is 0 Å². The molecule has 4 aromatic rings. The van der Waals surface area contributed by atoms with E-state index in [1.54, 1.807) is 48.5 Å². The van der Waals surface area contributed by atoms with Crippen LogP contribution in [0.15, 0.2) is 60.8 Å². The van der Waals surface area contributed by atoms with E-state index in [2.05, 4.69) is 10.4 Å². The van der Waals surface area contributed by atoms with Crippen molar-refractivity contribution in [2.24, 2.45) is 0 Å². The maximum Gasteiger partial charge on any atom is 0.256 e. The molecule has 0 aliphatic rings. The molecule has 0 saturated carbocycles. The van der Waals surface area contributed by atoms with E-state index in [4.69, 9.17) is 9.47 Å². The summed E-state index contributed by atoms with van der Waals surface area (Å²) in [7, 11) is 0. The minimum absolute atomic E-state index is 0.0184. The van der Waals surface area contributed by atoms with Gasteiger partial charge in [-0.3, -0.25) is 9.48 Å². The van der Waals surface area contributed by atoms with Crippen LogP contribution in [0.25, 0.3) is 0 Å². The van der Waals surface area contributed by atoms with Gasteiger partial charge in [0.2, 0.25) is 5.82 Å². The van der Waals surface area contributed by atoms with Gasteiger partial charge in [-0.15, -0.1) is 0 Å². The van der Waals surface area contributed by atoms with E-state index in [1.807, 2.05) is 6.92 Å². The highest BCUT2D eigenvalue weighted by Gasteiger charge is 2.26. The predicted octanol–water partition coefficient (Wildman–Crippen LogP) is 5.86. The Balaban J connectivity index is 1.39. The van der Waals surface area contributed by atoms with E-state index >= 15 is 0 Å². The molecule has 0 spiro atoms. The Kier molecular flexibility index (Phi) is 7.71. The first-order chi connectivity index (χ1) is 17.8. The highest BCUT2D eigenvalue weighted by Crippen LogP contribution is 2.24. The summed E-state index contributed by atoms with van der Waals surface area (Å²) < 4.78 is 80.1. The van der Waals surface area contributed by atoms with Crippen LogP contribution in [0.2, 0.25) is 0 Å². The maximum atomic E-state index is 13.9. The molecular formula is C26H20F5N3O3. The second kappa shape index (κ2) is 11.1. The number of hydrogen-bond donors (Lipinski definition) is 1.